The SMILES string of the molecule is C1CCC(N(C2CCCCC2)C2CCCCC2)CC1.CS(=O)(=O)O.CS(=O)(=O)O.CS(=O)(=O)O. The van der Waals surface area contributed by atoms with Crippen molar-refractivity contribution in [2.75, 3.05) is 18.8 Å². The topological polar surface area (TPSA) is 166 Å². The van der Waals surface area contributed by atoms with Gasteiger partial charge in [0.25, 0.3) is 30.4 Å². The predicted octanol–water partition coefficient (Wildman–Crippen LogP) is 3.80. The van der Waals surface area contributed by atoms with Gasteiger partial charge < -0.3 is 0 Å². The van der Waals surface area contributed by atoms with Gasteiger partial charge in [-0.05, 0) is 38.5 Å². The first-order valence-corrected chi connectivity index (χ1v) is 17.5. The molecule has 0 aromatic rings. The molecule has 3 aliphatic carbocycles. The number of nitrogens with zero attached hydrogens (tertiary/aromatic N) is 1. The Kier molecular flexibility index (Phi) is 16.3. The molecule has 0 atom stereocenters. The van der Waals surface area contributed by atoms with E-state index in [1.165, 1.54) is 96.3 Å². The van der Waals surface area contributed by atoms with Crippen LogP contribution in [0.25, 0.3) is 0 Å². The van der Waals surface area contributed by atoms with E-state index in [4.69, 9.17) is 13.7 Å². The smallest absolute Gasteiger partial charge is 0.261 e. The van der Waals surface area contributed by atoms with Crippen LogP contribution in [0.5, 0.6) is 0 Å². The Balaban J connectivity index is 0.000000599. The summed E-state index contributed by atoms with van der Waals surface area (Å²) in [7, 11) is -11.0. The van der Waals surface area contributed by atoms with Crippen LogP contribution in [0, 0.1) is 0 Å². The molecule has 0 heterocycles. The largest absolute Gasteiger partial charge is 0.294 e. The molecule has 3 aliphatic rings. The summed E-state index contributed by atoms with van der Waals surface area (Å²) in [6.45, 7) is 0. The quantitative estimate of drug-likeness (QED) is 0.439. The molecule has 206 valence electrons. The van der Waals surface area contributed by atoms with Crippen molar-refractivity contribution in [3.05, 3.63) is 0 Å². The van der Waals surface area contributed by atoms with Gasteiger partial charge in [0.2, 0.25) is 0 Å². The molecule has 0 bridgehead atoms. The number of rotatable bonds is 3. The summed E-state index contributed by atoms with van der Waals surface area (Å²) in [6, 6.07) is 2.87. The van der Waals surface area contributed by atoms with Crippen molar-refractivity contribution in [3.8, 4) is 0 Å². The van der Waals surface area contributed by atoms with Crippen molar-refractivity contribution >= 4 is 30.4 Å². The minimum Gasteiger partial charge on any atom is -0.294 e. The van der Waals surface area contributed by atoms with Gasteiger partial charge >= 0.3 is 0 Å². The summed E-state index contributed by atoms with van der Waals surface area (Å²) in [5.41, 5.74) is 0. The molecule has 3 fully saturated rings. The first-order valence-electron chi connectivity index (χ1n) is 12.0. The fraction of sp³-hybridized carbons (Fsp3) is 1.00. The maximum Gasteiger partial charge on any atom is 0.261 e. The first kappa shape index (κ1) is 33.7. The van der Waals surface area contributed by atoms with Gasteiger partial charge in [-0.2, -0.15) is 25.3 Å². The van der Waals surface area contributed by atoms with Crippen LogP contribution < -0.4 is 0 Å². The Bertz CT molecular complexity index is 702. The van der Waals surface area contributed by atoms with E-state index < -0.39 is 30.4 Å². The van der Waals surface area contributed by atoms with Crippen molar-refractivity contribution in [3.63, 3.8) is 0 Å². The molecule has 0 amide bonds. The van der Waals surface area contributed by atoms with Crippen molar-refractivity contribution in [2.45, 2.75) is 114 Å². The molecule has 0 saturated heterocycles. The van der Waals surface area contributed by atoms with Crippen LogP contribution >= 0.6 is 0 Å². The average molecular weight is 552 g/mol. The van der Waals surface area contributed by atoms with Gasteiger partial charge in [0.05, 0.1) is 18.8 Å². The van der Waals surface area contributed by atoms with E-state index in [0.29, 0.717) is 18.8 Å². The zero-order valence-corrected chi connectivity index (χ0v) is 23.3. The van der Waals surface area contributed by atoms with Crippen LogP contribution in [0.3, 0.4) is 0 Å². The lowest BCUT2D eigenvalue weighted by atomic mass is 9.84. The van der Waals surface area contributed by atoms with Gasteiger partial charge in [-0.15, -0.1) is 0 Å². The second-order valence-electron chi connectivity index (χ2n) is 9.52. The maximum absolute atomic E-state index is 9.19. The standard InChI is InChI=1S/C18H33N.3CH4O3S/c1-4-10-16(11-5-1)19(17-12-6-2-7-13-17)18-14-8-3-9-15-18;3*1-5(2,3)4/h16-18H,1-15H2;3*1H3,(H,2,3,4). The monoisotopic (exact) mass is 551 g/mol. The van der Waals surface area contributed by atoms with Crippen LogP contribution in [0.4, 0.5) is 0 Å². The Morgan fingerprint density at radius 3 is 0.735 bits per heavy atom. The molecule has 3 N–H and O–H groups in total. The molecule has 0 aliphatic heterocycles. The first-order chi connectivity index (χ1) is 15.4. The zero-order chi connectivity index (χ0) is 26.4. The molecule has 0 spiro atoms. The predicted molar refractivity (Wildman–Crippen MR) is 135 cm³/mol. The van der Waals surface area contributed by atoms with E-state index in [1.54, 1.807) is 0 Å². The molecule has 13 heteroatoms. The Labute approximate surface area is 207 Å². The molecule has 10 nitrogen and oxygen atoms in total. The highest BCUT2D eigenvalue weighted by atomic mass is 32.2. The molecule has 3 saturated carbocycles. The summed E-state index contributed by atoms with van der Waals surface area (Å²) in [5.74, 6) is 0. The second kappa shape index (κ2) is 16.4. The minimum absolute atomic E-state index is 0.715. The van der Waals surface area contributed by atoms with Crippen LogP contribution in [0.15, 0.2) is 0 Å². The van der Waals surface area contributed by atoms with Crippen molar-refractivity contribution in [1.82, 2.24) is 4.90 Å². The lowest BCUT2D eigenvalue weighted by molar-refractivity contribution is 0.0221. The highest BCUT2D eigenvalue weighted by molar-refractivity contribution is 7.85. The average Bonchev–Trinajstić information content (AvgIpc) is 2.67. The van der Waals surface area contributed by atoms with E-state index in [0.717, 1.165) is 18.1 Å². The molecule has 0 aromatic heterocycles. The summed E-state index contributed by atoms with van der Waals surface area (Å²) in [4.78, 5) is 3.08. The minimum atomic E-state index is -3.67. The van der Waals surface area contributed by atoms with Gasteiger partial charge in [0.15, 0.2) is 0 Å². The highest BCUT2D eigenvalue weighted by Crippen LogP contribution is 2.35. The van der Waals surface area contributed by atoms with Gasteiger partial charge in [-0.3, -0.25) is 18.6 Å². The Morgan fingerprint density at radius 1 is 0.441 bits per heavy atom. The molecule has 0 aromatic carbocycles. The van der Waals surface area contributed by atoms with Crippen LogP contribution in [-0.4, -0.2) is 80.7 Å². The van der Waals surface area contributed by atoms with Gasteiger partial charge in [-0.1, -0.05) is 57.8 Å². The summed E-state index contributed by atoms with van der Waals surface area (Å²) < 4.78 is 77.6. The van der Waals surface area contributed by atoms with E-state index in [2.05, 4.69) is 4.90 Å². The third kappa shape index (κ3) is 23.4. The third-order valence-electron chi connectivity index (χ3n) is 5.99. The van der Waals surface area contributed by atoms with Crippen LogP contribution in [0.2, 0.25) is 0 Å². The van der Waals surface area contributed by atoms with E-state index >= 15 is 0 Å². The van der Waals surface area contributed by atoms with Crippen molar-refractivity contribution in [1.29, 1.82) is 0 Å². The van der Waals surface area contributed by atoms with Gasteiger partial charge in [0.1, 0.15) is 0 Å². The van der Waals surface area contributed by atoms with Crippen molar-refractivity contribution in [2.24, 2.45) is 0 Å². The molecule has 34 heavy (non-hydrogen) atoms. The summed E-state index contributed by atoms with van der Waals surface area (Å²) in [6.07, 6.45) is 24.7. The van der Waals surface area contributed by atoms with Crippen LogP contribution in [-0.2, 0) is 30.4 Å². The van der Waals surface area contributed by atoms with E-state index in [9.17, 15) is 25.3 Å². The zero-order valence-electron chi connectivity index (χ0n) is 20.8. The normalized spacial score (nSPS) is 21.3. The van der Waals surface area contributed by atoms with E-state index in [1.807, 2.05) is 0 Å². The van der Waals surface area contributed by atoms with Crippen LogP contribution in [0.1, 0.15) is 96.3 Å². The fourth-order valence-corrected chi connectivity index (χ4v) is 5.03. The summed E-state index contributed by atoms with van der Waals surface area (Å²) >= 11 is 0. The highest BCUT2D eigenvalue weighted by Gasteiger charge is 2.34. The molecule has 0 radical (unpaired) electrons. The van der Waals surface area contributed by atoms with Gasteiger partial charge in [-0.25, -0.2) is 0 Å². The van der Waals surface area contributed by atoms with E-state index in [-0.39, 0.29) is 0 Å². The molecule has 3 rings (SSSR count). The molecule has 0 unspecified atom stereocenters. The lowest BCUT2D eigenvalue weighted by Gasteiger charge is -2.47. The number of hydrogen-bond acceptors (Lipinski definition) is 7. The number of hydrogen-bond donors (Lipinski definition) is 3. The summed E-state index contributed by atoms with van der Waals surface area (Å²) in [5, 5.41) is 0. The molecular formula is C21H45NO9S3. The fourth-order valence-electron chi connectivity index (χ4n) is 5.03. The maximum atomic E-state index is 9.19. The van der Waals surface area contributed by atoms with Gasteiger partial charge in [0, 0.05) is 18.1 Å². The Hall–Kier alpha value is -0.310. The Morgan fingerprint density at radius 2 is 0.588 bits per heavy atom. The lowest BCUT2D eigenvalue weighted by Crippen LogP contribution is -2.51. The molecular weight excluding hydrogens is 506 g/mol. The second-order valence-corrected chi connectivity index (χ2v) is 13.9. The van der Waals surface area contributed by atoms with Crippen molar-refractivity contribution < 1.29 is 38.9 Å². The third-order valence-corrected chi connectivity index (χ3v) is 5.99.